The number of rotatable bonds is 3. The minimum atomic E-state index is -0.187. The van der Waals surface area contributed by atoms with E-state index in [1.165, 1.54) is 0 Å². The van der Waals surface area contributed by atoms with Crippen LogP contribution in [0.15, 0.2) is 23.3 Å². The number of likely N-dealkylation sites (N-methyl/N-ethyl adjacent to an activating group) is 1. The van der Waals surface area contributed by atoms with E-state index in [1.54, 1.807) is 23.1 Å². The molecule has 3 aromatic heterocycles. The third kappa shape index (κ3) is 2.29. The highest BCUT2D eigenvalue weighted by atomic mass is 16.1. The zero-order valence-electron chi connectivity index (χ0n) is 13.8. The van der Waals surface area contributed by atoms with Gasteiger partial charge in [0.1, 0.15) is 11.6 Å². The first-order valence-corrected chi connectivity index (χ1v) is 7.72. The van der Waals surface area contributed by atoms with Crippen LogP contribution >= 0.6 is 0 Å². The van der Waals surface area contributed by atoms with Crippen LogP contribution in [0.5, 0.6) is 0 Å². The molecule has 0 unspecified atom stereocenters. The lowest BCUT2D eigenvalue weighted by atomic mass is 10.1. The number of aromatic nitrogens is 6. The lowest BCUT2D eigenvalue weighted by molar-refractivity contribution is 0.493. The number of nitrogens with zero attached hydrogens (tertiary/aromatic N) is 7. The van der Waals surface area contributed by atoms with Gasteiger partial charge >= 0.3 is 0 Å². The Labute approximate surface area is 137 Å². The molecule has 0 spiro atoms. The van der Waals surface area contributed by atoms with E-state index >= 15 is 0 Å². The zero-order valence-corrected chi connectivity index (χ0v) is 13.8. The van der Waals surface area contributed by atoms with Crippen LogP contribution in [0.4, 0.5) is 11.5 Å². The average molecular weight is 326 g/mol. The molecule has 0 aromatic carbocycles. The fourth-order valence-corrected chi connectivity index (χ4v) is 3.00. The van der Waals surface area contributed by atoms with Crippen molar-refractivity contribution in [2.75, 3.05) is 29.9 Å². The molecule has 4 rings (SSSR count). The van der Waals surface area contributed by atoms with Crippen LogP contribution in [-0.2, 0) is 7.05 Å². The van der Waals surface area contributed by atoms with Crippen molar-refractivity contribution in [2.24, 2.45) is 7.05 Å². The minimum Gasteiger partial charge on any atom is -0.366 e. The second-order valence-corrected chi connectivity index (χ2v) is 6.07. The lowest BCUT2D eigenvalue weighted by Crippen LogP contribution is -2.59. The van der Waals surface area contributed by atoms with Crippen molar-refractivity contribution in [2.45, 2.75) is 13.0 Å². The van der Waals surface area contributed by atoms with E-state index in [-0.39, 0.29) is 5.56 Å². The zero-order chi connectivity index (χ0) is 16.8. The summed E-state index contributed by atoms with van der Waals surface area (Å²) in [7, 11) is 3.91. The summed E-state index contributed by atoms with van der Waals surface area (Å²) in [4.78, 5) is 24.7. The maximum absolute atomic E-state index is 11.4. The van der Waals surface area contributed by atoms with E-state index < -0.39 is 0 Å². The van der Waals surface area contributed by atoms with Crippen LogP contribution in [0.3, 0.4) is 0 Å². The van der Waals surface area contributed by atoms with Gasteiger partial charge in [-0.05, 0) is 6.92 Å². The average Bonchev–Trinajstić information content (AvgIpc) is 2.86. The van der Waals surface area contributed by atoms with E-state index in [0.29, 0.717) is 6.04 Å². The molecule has 4 heterocycles. The molecule has 0 radical (unpaired) electrons. The lowest BCUT2D eigenvalue weighted by Gasteiger charge is -2.45. The maximum atomic E-state index is 11.4. The van der Waals surface area contributed by atoms with Crippen molar-refractivity contribution in [3.63, 3.8) is 0 Å². The van der Waals surface area contributed by atoms with Crippen molar-refractivity contribution >= 4 is 22.5 Å². The Kier molecular flexibility index (Phi) is 3.22. The van der Waals surface area contributed by atoms with Gasteiger partial charge in [0, 0.05) is 33.3 Å². The summed E-state index contributed by atoms with van der Waals surface area (Å²) in [6.45, 7) is 3.51. The number of aromatic amines is 1. The molecule has 1 fully saturated rings. The van der Waals surface area contributed by atoms with Gasteiger partial charge in [-0.3, -0.25) is 9.48 Å². The molecule has 124 valence electrons. The fraction of sp³-hybridized carbons (Fsp3) is 0.400. The molecule has 9 heteroatoms. The van der Waals surface area contributed by atoms with Crippen LogP contribution < -0.4 is 15.4 Å². The molecule has 0 atom stereocenters. The van der Waals surface area contributed by atoms with Crippen LogP contribution in [0, 0.1) is 6.92 Å². The standard InChI is InChI=1S/C15H18N8O/c1-9-18-14(12-6-17-22(3)15(12)19-9)21(2)11-7-23(8-11)10-4-13(24)20-16-5-10/h4-6,11H,7-8H2,1-3H3,(H,20,24). The third-order valence-electron chi connectivity index (χ3n) is 4.44. The molecule has 1 aliphatic heterocycles. The fourth-order valence-electron chi connectivity index (χ4n) is 3.00. The van der Waals surface area contributed by atoms with Crippen LogP contribution in [-0.4, -0.2) is 56.1 Å². The summed E-state index contributed by atoms with van der Waals surface area (Å²) < 4.78 is 1.76. The second kappa shape index (κ2) is 5.29. The molecule has 0 amide bonds. The van der Waals surface area contributed by atoms with Crippen LogP contribution in [0.2, 0.25) is 0 Å². The first-order chi connectivity index (χ1) is 11.5. The van der Waals surface area contributed by atoms with E-state index in [1.807, 2.05) is 21.0 Å². The Balaban J connectivity index is 1.58. The highest BCUT2D eigenvalue weighted by Crippen LogP contribution is 2.28. The summed E-state index contributed by atoms with van der Waals surface area (Å²) in [5.74, 6) is 1.61. The van der Waals surface area contributed by atoms with Gasteiger partial charge in [-0.2, -0.15) is 10.2 Å². The predicted octanol–water partition coefficient (Wildman–Crippen LogP) is 0.0800. The molecular formula is C15H18N8O. The Bertz CT molecular complexity index is 956. The first-order valence-electron chi connectivity index (χ1n) is 7.72. The molecule has 24 heavy (non-hydrogen) atoms. The molecule has 1 aliphatic rings. The molecule has 0 aliphatic carbocycles. The van der Waals surface area contributed by atoms with Crippen LogP contribution in [0.25, 0.3) is 11.0 Å². The number of hydrogen-bond acceptors (Lipinski definition) is 7. The molecule has 0 bridgehead atoms. The summed E-state index contributed by atoms with van der Waals surface area (Å²) in [5, 5.41) is 11.5. The monoisotopic (exact) mass is 326 g/mol. The highest BCUT2D eigenvalue weighted by molar-refractivity contribution is 5.87. The summed E-state index contributed by atoms with van der Waals surface area (Å²) in [5.41, 5.74) is 1.49. The third-order valence-corrected chi connectivity index (χ3v) is 4.44. The number of anilines is 2. The number of hydrogen-bond donors (Lipinski definition) is 1. The Hall–Kier alpha value is -2.97. The normalized spacial score (nSPS) is 14.9. The minimum absolute atomic E-state index is 0.187. The number of nitrogens with one attached hydrogen (secondary N) is 1. The van der Waals surface area contributed by atoms with Crippen molar-refractivity contribution in [1.29, 1.82) is 0 Å². The van der Waals surface area contributed by atoms with Crippen molar-refractivity contribution in [1.82, 2.24) is 29.9 Å². The second-order valence-electron chi connectivity index (χ2n) is 6.07. The highest BCUT2D eigenvalue weighted by Gasteiger charge is 2.32. The first kappa shape index (κ1) is 14.6. The Morgan fingerprint density at radius 2 is 2.08 bits per heavy atom. The van der Waals surface area contributed by atoms with Crippen molar-refractivity contribution in [3.8, 4) is 0 Å². The molecule has 9 nitrogen and oxygen atoms in total. The van der Waals surface area contributed by atoms with Crippen LogP contribution in [0.1, 0.15) is 5.82 Å². The number of H-pyrrole nitrogens is 1. The van der Waals surface area contributed by atoms with Gasteiger partial charge < -0.3 is 9.80 Å². The van der Waals surface area contributed by atoms with Crippen molar-refractivity contribution in [3.05, 3.63) is 34.6 Å². The van der Waals surface area contributed by atoms with Gasteiger partial charge in [0.05, 0.1) is 29.5 Å². The molecule has 3 aromatic rings. The summed E-state index contributed by atoms with van der Waals surface area (Å²) >= 11 is 0. The Morgan fingerprint density at radius 3 is 2.83 bits per heavy atom. The predicted molar refractivity (Wildman–Crippen MR) is 90.3 cm³/mol. The van der Waals surface area contributed by atoms with Gasteiger partial charge in [0.25, 0.3) is 5.56 Å². The molecular weight excluding hydrogens is 308 g/mol. The largest absolute Gasteiger partial charge is 0.366 e. The molecule has 1 N–H and O–H groups in total. The van der Waals surface area contributed by atoms with E-state index in [4.69, 9.17) is 0 Å². The summed E-state index contributed by atoms with van der Waals surface area (Å²) in [6.07, 6.45) is 3.48. The Morgan fingerprint density at radius 1 is 1.29 bits per heavy atom. The van der Waals surface area contributed by atoms with Gasteiger partial charge in [-0.25, -0.2) is 15.1 Å². The van der Waals surface area contributed by atoms with E-state index in [2.05, 4.69) is 35.1 Å². The topological polar surface area (TPSA) is 95.8 Å². The molecule has 0 saturated carbocycles. The van der Waals surface area contributed by atoms with Crippen molar-refractivity contribution < 1.29 is 0 Å². The van der Waals surface area contributed by atoms with Gasteiger partial charge in [-0.1, -0.05) is 0 Å². The quantitative estimate of drug-likeness (QED) is 0.728. The maximum Gasteiger partial charge on any atom is 0.266 e. The van der Waals surface area contributed by atoms with Gasteiger partial charge in [-0.15, -0.1) is 0 Å². The van der Waals surface area contributed by atoms with E-state index in [0.717, 1.165) is 41.5 Å². The number of fused-ring (bicyclic) bond motifs is 1. The van der Waals surface area contributed by atoms with Gasteiger partial charge in [0.15, 0.2) is 5.65 Å². The van der Waals surface area contributed by atoms with Gasteiger partial charge in [0.2, 0.25) is 0 Å². The van der Waals surface area contributed by atoms with E-state index in [9.17, 15) is 4.79 Å². The molecule has 1 saturated heterocycles. The smallest absolute Gasteiger partial charge is 0.266 e. The number of aryl methyl sites for hydroxylation is 2. The summed E-state index contributed by atoms with van der Waals surface area (Å²) in [6, 6.07) is 1.87. The SMILES string of the molecule is Cc1nc(N(C)C2CN(c3cn[nH]c(=O)c3)C2)c2cnn(C)c2n1.